The highest BCUT2D eigenvalue weighted by atomic mass is 35.5. The average molecular weight is 425 g/mol. The molecule has 1 aliphatic rings. The molecule has 0 spiro atoms. The number of benzene rings is 1. The molecule has 4 rings (SSSR count). The fourth-order valence-corrected chi connectivity index (χ4v) is 5.96. The van der Waals surface area contributed by atoms with E-state index in [0.717, 1.165) is 16.9 Å². The number of nitrogens with zero attached hydrogens (tertiary/aromatic N) is 4. The minimum atomic E-state index is -3.48. The third-order valence-corrected chi connectivity index (χ3v) is 7.92. The van der Waals surface area contributed by atoms with Crippen LogP contribution in [0.4, 0.5) is 0 Å². The molecule has 0 N–H and O–H groups in total. The van der Waals surface area contributed by atoms with E-state index in [1.54, 1.807) is 12.1 Å². The second-order valence-electron chi connectivity index (χ2n) is 6.11. The van der Waals surface area contributed by atoms with Crippen LogP contribution in [-0.2, 0) is 16.6 Å². The molecule has 10 heteroatoms. The van der Waals surface area contributed by atoms with Gasteiger partial charge in [-0.3, -0.25) is 4.90 Å². The van der Waals surface area contributed by atoms with Crippen molar-refractivity contribution < 1.29 is 12.8 Å². The predicted octanol–water partition coefficient (Wildman–Crippen LogP) is 2.96. The summed E-state index contributed by atoms with van der Waals surface area (Å²) in [5, 5.41) is 8.19. The molecule has 0 atom stereocenters. The van der Waals surface area contributed by atoms with Gasteiger partial charge in [-0.1, -0.05) is 29.8 Å². The molecule has 7 nitrogen and oxygen atoms in total. The van der Waals surface area contributed by atoms with E-state index in [4.69, 9.17) is 16.0 Å². The number of piperazine rings is 1. The first-order chi connectivity index (χ1) is 13.0. The Morgan fingerprint density at radius 3 is 2.44 bits per heavy atom. The molecule has 27 heavy (non-hydrogen) atoms. The molecule has 1 saturated heterocycles. The quantitative estimate of drug-likeness (QED) is 0.626. The Labute approximate surface area is 166 Å². The smallest absolute Gasteiger partial charge is 0.252 e. The normalized spacial score (nSPS) is 16.6. The van der Waals surface area contributed by atoms with Gasteiger partial charge in [0.05, 0.1) is 10.9 Å². The number of thiophene rings is 1. The van der Waals surface area contributed by atoms with E-state index in [0.29, 0.717) is 48.8 Å². The van der Waals surface area contributed by atoms with Crippen LogP contribution >= 0.6 is 22.9 Å². The number of aromatic nitrogens is 2. The maximum absolute atomic E-state index is 12.6. The van der Waals surface area contributed by atoms with Crippen molar-refractivity contribution in [1.29, 1.82) is 0 Å². The first-order valence-electron chi connectivity index (χ1n) is 8.38. The summed E-state index contributed by atoms with van der Waals surface area (Å²) < 4.78 is 33.3. The molecule has 0 saturated carbocycles. The number of rotatable bonds is 5. The minimum Gasteiger partial charge on any atom is -0.419 e. The largest absolute Gasteiger partial charge is 0.419 e. The molecule has 1 fully saturated rings. The maximum Gasteiger partial charge on any atom is 0.252 e. The predicted molar refractivity (Wildman–Crippen MR) is 103 cm³/mol. The highest BCUT2D eigenvalue weighted by Crippen LogP contribution is 2.28. The Kier molecular flexibility index (Phi) is 5.29. The van der Waals surface area contributed by atoms with E-state index in [9.17, 15) is 8.42 Å². The molecule has 0 bridgehead atoms. The van der Waals surface area contributed by atoms with Crippen LogP contribution in [0.1, 0.15) is 5.89 Å². The molecule has 0 unspecified atom stereocenters. The molecule has 3 aromatic rings. The Bertz CT molecular complexity index is 1010. The molecule has 1 aromatic carbocycles. The van der Waals surface area contributed by atoms with Gasteiger partial charge in [0.15, 0.2) is 0 Å². The van der Waals surface area contributed by atoms with Gasteiger partial charge in [-0.05, 0) is 24.3 Å². The Balaban J connectivity index is 1.37. The molecule has 142 valence electrons. The lowest BCUT2D eigenvalue weighted by atomic mass is 10.2. The molecule has 0 aliphatic carbocycles. The third kappa shape index (κ3) is 4.07. The van der Waals surface area contributed by atoms with Crippen LogP contribution in [0.2, 0.25) is 4.34 Å². The third-order valence-electron chi connectivity index (χ3n) is 4.32. The molecule has 0 radical (unpaired) electrons. The van der Waals surface area contributed by atoms with Gasteiger partial charge in [0, 0.05) is 31.7 Å². The van der Waals surface area contributed by atoms with E-state index in [-0.39, 0.29) is 4.21 Å². The standard InChI is InChI=1S/C17H17ClN4O3S2/c18-14-6-7-16(26-14)27(23,24)22-10-8-21(9-11-22)12-15-19-20-17(25-15)13-4-2-1-3-5-13/h1-7H,8-12H2. The fourth-order valence-electron chi connectivity index (χ4n) is 2.90. The second kappa shape index (κ2) is 7.69. The zero-order valence-corrected chi connectivity index (χ0v) is 16.7. The lowest BCUT2D eigenvalue weighted by Crippen LogP contribution is -2.48. The Morgan fingerprint density at radius 1 is 1.04 bits per heavy atom. The van der Waals surface area contributed by atoms with Gasteiger partial charge in [-0.25, -0.2) is 8.42 Å². The van der Waals surface area contributed by atoms with Crippen molar-refractivity contribution >= 4 is 33.0 Å². The van der Waals surface area contributed by atoms with E-state index < -0.39 is 10.0 Å². The summed E-state index contributed by atoms with van der Waals surface area (Å²) in [7, 11) is -3.48. The van der Waals surface area contributed by atoms with Gasteiger partial charge in [0.25, 0.3) is 10.0 Å². The van der Waals surface area contributed by atoms with Crippen molar-refractivity contribution in [3.63, 3.8) is 0 Å². The van der Waals surface area contributed by atoms with Crippen molar-refractivity contribution in [3.8, 4) is 11.5 Å². The van der Waals surface area contributed by atoms with Crippen LogP contribution in [0.5, 0.6) is 0 Å². The first-order valence-corrected chi connectivity index (χ1v) is 11.0. The summed E-state index contributed by atoms with van der Waals surface area (Å²) in [5.74, 6) is 1.01. The molecule has 3 heterocycles. The van der Waals surface area contributed by atoms with Crippen molar-refractivity contribution in [2.75, 3.05) is 26.2 Å². The topological polar surface area (TPSA) is 79.5 Å². The molecule has 0 amide bonds. The summed E-state index contributed by atoms with van der Waals surface area (Å²) in [4.78, 5) is 2.11. The summed E-state index contributed by atoms with van der Waals surface area (Å²) in [6.07, 6.45) is 0. The van der Waals surface area contributed by atoms with Crippen molar-refractivity contribution in [1.82, 2.24) is 19.4 Å². The van der Waals surface area contributed by atoms with Crippen molar-refractivity contribution in [3.05, 3.63) is 52.7 Å². The lowest BCUT2D eigenvalue weighted by molar-refractivity contribution is 0.169. The van der Waals surface area contributed by atoms with Crippen LogP contribution in [0.25, 0.3) is 11.5 Å². The monoisotopic (exact) mass is 424 g/mol. The van der Waals surface area contributed by atoms with Gasteiger partial charge >= 0.3 is 0 Å². The van der Waals surface area contributed by atoms with Crippen LogP contribution in [0.3, 0.4) is 0 Å². The zero-order valence-electron chi connectivity index (χ0n) is 14.3. The first kappa shape index (κ1) is 18.6. The lowest BCUT2D eigenvalue weighted by Gasteiger charge is -2.32. The van der Waals surface area contributed by atoms with E-state index in [1.807, 2.05) is 30.3 Å². The maximum atomic E-state index is 12.6. The molecular weight excluding hydrogens is 408 g/mol. The summed E-state index contributed by atoms with van der Waals surface area (Å²) in [6, 6.07) is 12.8. The highest BCUT2D eigenvalue weighted by molar-refractivity contribution is 7.91. The molecular formula is C17H17ClN4O3S2. The summed E-state index contributed by atoms with van der Waals surface area (Å²) >= 11 is 6.95. The number of hydrogen-bond acceptors (Lipinski definition) is 7. The summed E-state index contributed by atoms with van der Waals surface area (Å²) in [5.41, 5.74) is 0.877. The Morgan fingerprint density at radius 2 is 1.78 bits per heavy atom. The van der Waals surface area contributed by atoms with Crippen LogP contribution in [-0.4, -0.2) is 54.0 Å². The fraction of sp³-hybridized carbons (Fsp3) is 0.294. The highest BCUT2D eigenvalue weighted by Gasteiger charge is 2.30. The van der Waals surface area contributed by atoms with Crippen molar-refractivity contribution in [2.45, 2.75) is 10.8 Å². The Hall–Kier alpha value is -1.78. The van der Waals surface area contributed by atoms with E-state index in [2.05, 4.69) is 15.1 Å². The van der Waals surface area contributed by atoms with E-state index in [1.165, 1.54) is 4.31 Å². The van der Waals surface area contributed by atoms with Crippen LogP contribution in [0, 0.1) is 0 Å². The second-order valence-corrected chi connectivity index (χ2v) is 9.99. The van der Waals surface area contributed by atoms with Gasteiger partial charge in [-0.2, -0.15) is 4.31 Å². The van der Waals surface area contributed by atoms with E-state index >= 15 is 0 Å². The van der Waals surface area contributed by atoms with Gasteiger partial charge in [0.1, 0.15) is 4.21 Å². The van der Waals surface area contributed by atoms with Gasteiger partial charge in [0.2, 0.25) is 11.8 Å². The molecule has 2 aromatic heterocycles. The zero-order chi connectivity index (χ0) is 18.9. The van der Waals surface area contributed by atoms with Crippen LogP contribution in [0.15, 0.2) is 51.1 Å². The number of sulfonamides is 1. The van der Waals surface area contributed by atoms with Gasteiger partial charge in [-0.15, -0.1) is 21.5 Å². The molecule has 1 aliphatic heterocycles. The number of hydrogen-bond donors (Lipinski definition) is 0. The SMILES string of the molecule is O=S(=O)(c1ccc(Cl)s1)N1CCN(Cc2nnc(-c3ccccc3)o2)CC1. The number of halogens is 1. The van der Waals surface area contributed by atoms with Crippen molar-refractivity contribution in [2.24, 2.45) is 0 Å². The summed E-state index contributed by atoms with van der Waals surface area (Å²) in [6.45, 7) is 2.52. The average Bonchev–Trinajstić information content (AvgIpc) is 3.32. The minimum absolute atomic E-state index is 0.283. The van der Waals surface area contributed by atoms with Gasteiger partial charge < -0.3 is 4.42 Å². The van der Waals surface area contributed by atoms with Crippen LogP contribution < -0.4 is 0 Å².